The number of carbonyl (C=O) groups is 1. The van der Waals surface area contributed by atoms with Gasteiger partial charge in [-0.1, -0.05) is 18.2 Å². The number of nitrogens with one attached hydrogen (secondary N) is 1. The van der Waals surface area contributed by atoms with Crippen LogP contribution in [0.4, 0.5) is 5.69 Å². The molecular formula is C20H32Cl2N4O. The third kappa shape index (κ3) is 5.74. The van der Waals surface area contributed by atoms with Crippen molar-refractivity contribution in [3.63, 3.8) is 0 Å². The molecular weight excluding hydrogens is 383 g/mol. The lowest BCUT2D eigenvalue weighted by Crippen LogP contribution is -2.47. The molecule has 5 nitrogen and oxygen atoms in total. The molecule has 3 saturated heterocycles. The zero-order chi connectivity index (χ0) is 17.1. The molecule has 4 rings (SSSR count). The second-order valence-electron chi connectivity index (χ2n) is 7.68. The number of piperazine rings is 1. The van der Waals surface area contributed by atoms with Gasteiger partial charge in [-0.2, -0.15) is 0 Å². The van der Waals surface area contributed by atoms with Gasteiger partial charge in [-0.05, 0) is 31.4 Å². The highest BCUT2D eigenvalue weighted by Gasteiger charge is 2.31. The SMILES string of the molecule is Cl.Cl.O=C(CCN1CCN(c2ccccc2)CC1)N1CCC2CCC(C1)N2. The lowest BCUT2D eigenvalue weighted by Gasteiger charge is -2.36. The molecule has 0 radical (unpaired) electrons. The Labute approximate surface area is 175 Å². The van der Waals surface area contributed by atoms with Crippen molar-refractivity contribution >= 4 is 36.4 Å². The van der Waals surface area contributed by atoms with Crippen LogP contribution in [0.5, 0.6) is 0 Å². The van der Waals surface area contributed by atoms with Gasteiger partial charge < -0.3 is 15.1 Å². The van der Waals surface area contributed by atoms with Crippen LogP contribution >= 0.6 is 24.8 Å². The van der Waals surface area contributed by atoms with E-state index in [1.165, 1.54) is 18.5 Å². The molecule has 1 aromatic carbocycles. The number of rotatable bonds is 4. The maximum atomic E-state index is 12.6. The van der Waals surface area contributed by atoms with E-state index in [0.717, 1.165) is 52.2 Å². The van der Waals surface area contributed by atoms with E-state index in [9.17, 15) is 4.79 Å². The van der Waals surface area contributed by atoms with Crippen molar-refractivity contribution < 1.29 is 4.79 Å². The summed E-state index contributed by atoms with van der Waals surface area (Å²) in [5.74, 6) is 0.347. The lowest BCUT2D eigenvalue weighted by molar-refractivity contribution is -0.131. The molecule has 7 heteroatoms. The topological polar surface area (TPSA) is 38.8 Å². The zero-order valence-electron chi connectivity index (χ0n) is 15.9. The van der Waals surface area contributed by atoms with E-state index in [-0.39, 0.29) is 24.8 Å². The molecule has 2 bridgehead atoms. The predicted octanol–water partition coefficient (Wildman–Crippen LogP) is 2.40. The molecule has 1 amide bonds. The van der Waals surface area contributed by atoms with Crippen LogP contribution in [-0.4, -0.2) is 73.6 Å². The van der Waals surface area contributed by atoms with Gasteiger partial charge in [-0.15, -0.1) is 24.8 Å². The number of anilines is 1. The molecule has 1 aromatic rings. The summed E-state index contributed by atoms with van der Waals surface area (Å²) in [5.41, 5.74) is 1.31. The second-order valence-corrected chi connectivity index (χ2v) is 7.68. The number of likely N-dealkylation sites (tertiary alicyclic amines) is 1. The number of nitrogens with zero attached hydrogens (tertiary/aromatic N) is 3. The quantitative estimate of drug-likeness (QED) is 0.820. The summed E-state index contributed by atoms with van der Waals surface area (Å²) in [6, 6.07) is 11.8. The maximum Gasteiger partial charge on any atom is 0.223 e. The van der Waals surface area contributed by atoms with Crippen molar-refractivity contribution in [2.45, 2.75) is 37.8 Å². The van der Waals surface area contributed by atoms with Gasteiger partial charge >= 0.3 is 0 Å². The number of fused-ring (bicyclic) bond motifs is 2. The van der Waals surface area contributed by atoms with Crippen LogP contribution in [0.15, 0.2) is 30.3 Å². The van der Waals surface area contributed by atoms with Crippen molar-refractivity contribution in [1.82, 2.24) is 15.1 Å². The first-order chi connectivity index (χ1) is 12.3. The fraction of sp³-hybridized carbons (Fsp3) is 0.650. The highest BCUT2D eigenvalue weighted by atomic mass is 35.5. The number of amides is 1. The number of para-hydroxylation sites is 1. The third-order valence-electron chi connectivity index (χ3n) is 6.01. The lowest BCUT2D eigenvalue weighted by atomic mass is 10.1. The van der Waals surface area contributed by atoms with E-state index in [1.807, 2.05) is 0 Å². The van der Waals surface area contributed by atoms with Gasteiger partial charge in [0, 0.05) is 70.0 Å². The maximum absolute atomic E-state index is 12.6. The number of benzene rings is 1. The summed E-state index contributed by atoms with van der Waals surface area (Å²) in [6.07, 6.45) is 4.31. The summed E-state index contributed by atoms with van der Waals surface area (Å²) in [7, 11) is 0. The van der Waals surface area contributed by atoms with E-state index in [1.54, 1.807) is 0 Å². The molecule has 1 N–H and O–H groups in total. The fourth-order valence-electron chi connectivity index (χ4n) is 4.45. The molecule has 152 valence electrons. The first kappa shape index (κ1) is 22.3. The van der Waals surface area contributed by atoms with E-state index in [0.29, 0.717) is 24.4 Å². The largest absolute Gasteiger partial charge is 0.369 e. The van der Waals surface area contributed by atoms with Crippen molar-refractivity contribution in [2.75, 3.05) is 50.7 Å². The molecule has 3 aliphatic heterocycles. The van der Waals surface area contributed by atoms with Crippen LogP contribution in [-0.2, 0) is 4.79 Å². The Morgan fingerprint density at radius 3 is 2.37 bits per heavy atom. The van der Waals surface area contributed by atoms with Crippen LogP contribution in [0.1, 0.15) is 25.7 Å². The molecule has 0 saturated carbocycles. The van der Waals surface area contributed by atoms with E-state index >= 15 is 0 Å². The molecule has 2 atom stereocenters. The smallest absolute Gasteiger partial charge is 0.223 e. The number of hydrogen-bond acceptors (Lipinski definition) is 4. The number of carbonyl (C=O) groups excluding carboxylic acids is 1. The number of halogens is 2. The van der Waals surface area contributed by atoms with Gasteiger partial charge in [0.25, 0.3) is 0 Å². The van der Waals surface area contributed by atoms with E-state index < -0.39 is 0 Å². The first-order valence-electron chi connectivity index (χ1n) is 9.84. The van der Waals surface area contributed by atoms with Gasteiger partial charge in [0.1, 0.15) is 0 Å². The second kappa shape index (κ2) is 10.5. The summed E-state index contributed by atoms with van der Waals surface area (Å²) in [5, 5.41) is 3.65. The van der Waals surface area contributed by atoms with Crippen LogP contribution < -0.4 is 10.2 Å². The summed E-state index contributed by atoms with van der Waals surface area (Å²) in [4.78, 5) is 19.6. The van der Waals surface area contributed by atoms with Crippen LogP contribution in [0.25, 0.3) is 0 Å². The van der Waals surface area contributed by atoms with Gasteiger partial charge in [0.2, 0.25) is 5.91 Å². The Bertz CT molecular complexity index is 581. The Morgan fingerprint density at radius 2 is 1.63 bits per heavy atom. The average molecular weight is 415 g/mol. The molecule has 0 aromatic heterocycles. The third-order valence-corrected chi connectivity index (χ3v) is 6.01. The summed E-state index contributed by atoms with van der Waals surface area (Å²) < 4.78 is 0. The Hall–Kier alpha value is -1.01. The fourth-order valence-corrected chi connectivity index (χ4v) is 4.45. The highest BCUT2D eigenvalue weighted by Crippen LogP contribution is 2.21. The van der Waals surface area contributed by atoms with E-state index in [4.69, 9.17) is 0 Å². The number of hydrogen-bond donors (Lipinski definition) is 1. The van der Waals surface area contributed by atoms with Crippen LogP contribution in [0, 0.1) is 0 Å². The molecule has 3 aliphatic rings. The Balaban J connectivity index is 0.00000131. The Morgan fingerprint density at radius 1 is 0.926 bits per heavy atom. The van der Waals surface area contributed by atoms with Gasteiger partial charge in [0.15, 0.2) is 0 Å². The first-order valence-corrected chi connectivity index (χ1v) is 9.84. The Kier molecular flexibility index (Phi) is 8.67. The minimum Gasteiger partial charge on any atom is -0.369 e. The minimum absolute atomic E-state index is 0. The standard InChI is InChI=1S/C20H30N4O.2ClH/c25-20(24-11-8-17-6-7-18(16-24)21-17)9-10-22-12-14-23(15-13-22)19-4-2-1-3-5-19;;/h1-5,17-18,21H,6-16H2;2*1H. The summed E-state index contributed by atoms with van der Waals surface area (Å²) in [6.45, 7) is 6.96. The molecule has 0 aliphatic carbocycles. The highest BCUT2D eigenvalue weighted by molar-refractivity contribution is 5.85. The van der Waals surface area contributed by atoms with Crippen molar-refractivity contribution in [1.29, 1.82) is 0 Å². The van der Waals surface area contributed by atoms with Crippen molar-refractivity contribution in [2.24, 2.45) is 0 Å². The minimum atomic E-state index is 0. The summed E-state index contributed by atoms with van der Waals surface area (Å²) >= 11 is 0. The monoisotopic (exact) mass is 414 g/mol. The van der Waals surface area contributed by atoms with Crippen LogP contribution in [0.2, 0.25) is 0 Å². The van der Waals surface area contributed by atoms with Gasteiger partial charge in [-0.3, -0.25) is 9.69 Å². The van der Waals surface area contributed by atoms with Crippen molar-refractivity contribution in [3.05, 3.63) is 30.3 Å². The zero-order valence-corrected chi connectivity index (χ0v) is 17.5. The average Bonchev–Trinajstić information content (AvgIpc) is 2.99. The molecule has 0 spiro atoms. The molecule has 27 heavy (non-hydrogen) atoms. The van der Waals surface area contributed by atoms with Gasteiger partial charge in [0.05, 0.1) is 0 Å². The van der Waals surface area contributed by atoms with Crippen molar-refractivity contribution in [3.8, 4) is 0 Å². The van der Waals surface area contributed by atoms with E-state index in [2.05, 4.69) is 50.3 Å². The van der Waals surface area contributed by atoms with Gasteiger partial charge in [-0.25, -0.2) is 0 Å². The molecule has 2 unspecified atom stereocenters. The normalized spacial score (nSPS) is 25.3. The van der Waals surface area contributed by atoms with Crippen LogP contribution in [0.3, 0.4) is 0 Å². The predicted molar refractivity (Wildman–Crippen MR) is 115 cm³/mol. The molecule has 3 heterocycles. The molecule has 3 fully saturated rings.